The Hall–Kier alpha value is -0.600. The summed E-state index contributed by atoms with van der Waals surface area (Å²) in [6.45, 7) is 8.83. The molecule has 3 aliphatic rings. The van der Waals surface area contributed by atoms with Crippen molar-refractivity contribution in [3.63, 3.8) is 0 Å². The van der Waals surface area contributed by atoms with Crippen LogP contribution in [-0.2, 0) is 4.74 Å². The minimum atomic E-state index is -0.289. The molecule has 0 radical (unpaired) electrons. The van der Waals surface area contributed by atoms with Gasteiger partial charge in [0.2, 0.25) is 0 Å². The Labute approximate surface area is 173 Å². The van der Waals surface area contributed by atoms with E-state index in [1.807, 2.05) is 6.92 Å². The third-order valence-corrected chi connectivity index (χ3v) is 8.05. The fourth-order valence-corrected chi connectivity index (χ4v) is 6.69. The molecule has 0 aromatic rings. The second-order valence-corrected chi connectivity index (χ2v) is 9.83. The first-order valence-electron chi connectivity index (χ1n) is 12.2. The van der Waals surface area contributed by atoms with Gasteiger partial charge in [-0.15, -0.1) is 0 Å². The summed E-state index contributed by atoms with van der Waals surface area (Å²) in [5.74, 6) is 1.34. The molecule has 5 atom stereocenters. The van der Waals surface area contributed by atoms with Gasteiger partial charge >= 0.3 is 0 Å². The van der Waals surface area contributed by atoms with Crippen LogP contribution in [0.4, 0.5) is 0 Å². The Morgan fingerprint density at radius 3 is 2.11 bits per heavy atom. The molecule has 0 aliphatic heterocycles. The maximum Gasteiger partial charge on any atom is 0.0646 e. The Kier molecular flexibility index (Phi) is 7.84. The number of ether oxygens (including phenoxy) is 1. The van der Waals surface area contributed by atoms with Gasteiger partial charge in [-0.3, -0.25) is 0 Å². The highest BCUT2D eigenvalue weighted by Gasteiger charge is 2.55. The van der Waals surface area contributed by atoms with E-state index in [1.54, 1.807) is 11.1 Å². The van der Waals surface area contributed by atoms with Gasteiger partial charge in [0.05, 0.1) is 18.3 Å². The summed E-state index contributed by atoms with van der Waals surface area (Å²) in [5, 5.41) is 9.85. The van der Waals surface area contributed by atoms with Crippen LogP contribution < -0.4 is 0 Å². The number of allylic oxidation sites excluding steroid dienone is 4. The number of aliphatic hydroxyl groups excluding tert-OH is 1. The first kappa shape index (κ1) is 22.1. The Morgan fingerprint density at radius 1 is 1.00 bits per heavy atom. The fraction of sp³-hybridized carbons (Fsp3) is 0.846. The molecule has 2 nitrogen and oxygen atoms in total. The lowest BCUT2D eigenvalue weighted by molar-refractivity contribution is -0.0843. The highest BCUT2D eigenvalue weighted by atomic mass is 16.5. The van der Waals surface area contributed by atoms with Crippen molar-refractivity contribution in [1.82, 2.24) is 0 Å². The van der Waals surface area contributed by atoms with Crippen LogP contribution in [0.3, 0.4) is 0 Å². The van der Waals surface area contributed by atoms with Gasteiger partial charge < -0.3 is 9.84 Å². The van der Waals surface area contributed by atoms with Crippen molar-refractivity contribution in [2.45, 2.75) is 123 Å². The summed E-state index contributed by atoms with van der Waals surface area (Å²) in [4.78, 5) is 0. The lowest BCUT2D eigenvalue weighted by Crippen LogP contribution is -2.40. The summed E-state index contributed by atoms with van der Waals surface area (Å²) < 4.78 is 6.75. The van der Waals surface area contributed by atoms with Crippen molar-refractivity contribution in [3.05, 3.63) is 23.3 Å². The Bertz CT molecular complexity index is 555. The van der Waals surface area contributed by atoms with Crippen LogP contribution in [0.5, 0.6) is 0 Å². The maximum atomic E-state index is 9.85. The van der Waals surface area contributed by atoms with E-state index in [0.29, 0.717) is 17.9 Å². The number of rotatable bonds is 8. The zero-order valence-electron chi connectivity index (χ0n) is 18.9. The first-order chi connectivity index (χ1) is 13.5. The first-order valence-corrected chi connectivity index (χ1v) is 12.2. The van der Waals surface area contributed by atoms with E-state index in [4.69, 9.17) is 4.74 Å². The minimum Gasteiger partial charge on any atom is -0.393 e. The number of hydrogen-bond donors (Lipinski definition) is 1. The van der Waals surface area contributed by atoms with Gasteiger partial charge in [-0.25, -0.2) is 0 Å². The maximum absolute atomic E-state index is 9.85. The summed E-state index contributed by atoms with van der Waals surface area (Å²) in [6, 6.07) is 0. The van der Waals surface area contributed by atoms with Crippen LogP contribution in [0.2, 0.25) is 0 Å². The highest BCUT2D eigenvalue weighted by molar-refractivity contribution is 5.27. The lowest BCUT2D eigenvalue weighted by Gasteiger charge is -2.43. The molecule has 2 heteroatoms. The van der Waals surface area contributed by atoms with Crippen molar-refractivity contribution in [2.75, 3.05) is 0 Å². The Morgan fingerprint density at radius 2 is 1.61 bits per heavy atom. The standard InChI is InChI=1S/C26H44O2/c1-5-26(6-2)24(28-20(4)17-19(3)27)18-23(21-13-9-7-10-14-21)25(26)22-15-11-8-12-16-22/h13,15,19-20,23-25,27H,5-12,14,16-18H2,1-4H3/t19-,20-,23-,24-,25-/m0/s1. The predicted octanol–water partition coefficient (Wildman–Crippen LogP) is 6.97. The van der Waals surface area contributed by atoms with Gasteiger partial charge in [-0.1, -0.05) is 37.1 Å². The largest absolute Gasteiger partial charge is 0.393 e. The van der Waals surface area contributed by atoms with Crippen LogP contribution in [0.15, 0.2) is 23.3 Å². The van der Waals surface area contributed by atoms with E-state index in [1.165, 1.54) is 70.6 Å². The smallest absolute Gasteiger partial charge is 0.0646 e. The topological polar surface area (TPSA) is 29.5 Å². The summed E-state index contributed by atoms with van der Waals surface area (Å²) in [5.41, 5.74) is 3.74. The average molecular weight is 389 g/mol. The summed E-state index contributed by atoms with van der Waals surface area (Å²) in [7, 11) is 0. The van der Waals surface area contributed by atoms with Gasteiger partial charge in [0.25, 0.3) is 0 Å². The lowest BCUT2D eigenvalue weighted by atomic mass is 9.64. The SMILES string of the molecule is CCC1(CC)[C@@H](O[C@@H](C)C[C@H](C)O)C[C@@H](C2=CCCCC2)[C@@H]1C1=CCCCC1. The molecule has 1 saturated carbocycles. The molecule has 0 amide bonds. The van der Waals surface area contributed by atoms with Crippen molar-refractivity contribution in [3.8, 4) is 0 Å². The molecule has 0 unspecified atom stereocenters. The minimum absolute atomic E-state index is 0.127. The van der Waals surface area contributed by atoms with Crippen molar-refractivity contribution < 1.29 is 9.84 Å². The van der Waals surface area contributed by atoms with E-state index in [0.717, 1.165) is 6.42 Å². The van der Waals surface area contributed by atoms with Crippen LogP contribution >= 0.6 is 0 Å². The van der Waals surface area contributed by atoms with Crippen molar-refractivity contribution in [2.24, 2.45) is 17.3 Å². The molecule has 160 valence electrons. The van der Waals surface area contributed by atoms with Gasteiger partial charge in [-0.2, -0.15) is 0 Å². The van der Waals surface area contributed by atoms with Crippen molar-refractivity contribution >= 4 is 0 Å². The van der Waals surface area contributed by atoms with Crippen LogP contribution in [0.25, 0.3) is 0 Å². The zero-order chi connectivity index (χ0) is 20.1. The van der Waals surface area contributed by atoms with Gasteiger partial charge in [0, 0.05) is 5.41 Å². The molecule has 0 bridgehead atoms. The van der Waals surface area contributed by atoms with E-state index < -0.39 is 0 Å². The van der Waals surface area contributed by atoms with Crippen LogP contribution in [0.1, 0.15) is 105 Å². The number of aliphatic hydroxyl groups is 1. The van der Waals surface area contributed by atoms with E-state index in [-0.39, 0.29) is 17.6 Å². The monoisotopic (exact) mass is 388 g/mol. The molecule has 0 aromatic heterocycles. The van der Waals surface area contributed by atoms with Crippen LogP contribution in [-0.4, -0.2) is 23.4 Å². The fourth-order valence-electron chi connectivity index (χ4n) is 6.69. The molecule has 28 heavy (non-hydrogen) atoms. The summed E-state index contributed by atoms with van der Waals surface area (Å²) >= 11 is 0. The molecular formula is C26H44O2. The third-order valence-electron chi connectivity index (χ3n) is 8.05. The molecular weight excluding hydrogens is 344 g/mol. The zero-order valence-corrected chi connectivity index (χ0v) is 18.9. The Balaban J connectivity index is 1.94. The second-order valence-electron chi connectivity index (χ2n) is 9.83. The molecule has 0 aromatic carbocycles. The molecule has 0 heterocycles. The van der Waals surface area contributed by atoms with E-state index in [9.17, 15) is 5.11 Å². The second kappa shape index (κ2) is 9.94. The van der Waals surface area contributed by atoms with E-state index >= 15 is 0 Å². The highest BCUT2D eigenvalue weighted by Crippen LogP contribution is 2.59. The third kappa shape index (κ3) is 4.59. The quantitative estimate of drug-likeness (QED) is 0.455. The normalized spacial score (nSPS) is 32.5. The van der Waals surface area contributed by atoms with Crippen molar-refractivity contribution in [1.29, 1.82) is 0 Å². The van der Waals surface area contributed by atoms with Gasteiger partial charge in [0.1, 0.15) is 0 Å². The number of hydrogen-bond acceptors (Lipinski definition) is 2. The van der Waals surface area contributed by atoms with E-state index in [2.05, 4.69) is 32.9 Å². The molecule has 3 aliphatic carbocycles. The average Bonchev–Trinajstić information content (AvgIpc) is 3.02. The predicted molar refractivity (Wildman–Crippen MR) is 118 cm³/mol. The summed E-state index contributed by atoms with van der Waals surface area (Å²) in [6.07, 6.45) is 20.2. The van der Waals surface area contributed by atoms with Gasteiger partial charge in [-0.05, 0) is 103 Å². The molecule has 1 fully saturated rings. The van der Waals surface area contributed by atoms with Crippen LogP contribution in [0, 0.1) is 17.3 Å². The van der Waals surface area contributed by atoms with Gasteiger partial charge in [0.15, 0.2) is 0 Å². The molecule has 0 spiro atoms. The molecule has 0 saturated heterocycles. The molecule has 1 N–H and O–H groups in total. The molecule has 3 rings (SSSR count).